The lowest BCUT2D eigenvalue weighted by atomic mass is 10.1. The van der Waals surface area contributed by atoms with Crippen LogP contribution in [-0.4, -0.2) is 60.0 Å². The van der Waals surface area contributed by atoms with Gasteiger partial charge in [0, 0.05) is 26.2 Å². The van der Waals surface area contributed by atoms with Gasteiger partial charge in [-0.3, -0.25) is 15.1 Å². The summed E-state index contributed by atoms with van der Waals surface area (Å²) in [7, 11) is 0. The Morgan fingerprint density at radius 1 is 1.61 bits per heavy atom. The molecule has 0 aromatic rings. The van der Waals surface area contributed by atoms with Crippen LogP contribution in [0, 0.1) is 0 Å². The highest BCUT2D eigenvalue weighted by Crippen LogP contribution is 2.18. The molecule has 0 aliphatic carbocycles. The first-order chi connectivity index (χ1) is 8.67. The van der Waals surface area contributed by atoms with Gasteiger partial charge < -0.3 is 10.2 Å². The number of nitrogens with one attached hydrogen (secondary N) is 2. The number of hydrogen-bond acceptors (Lipinski definition) is 4. The van der Waals surface area contributed by atoms with E-state index in [1.54, 1.807) is 0 Å². The number of hydrogen-bond donors (Lipinski definition) is 3. The summed E-state index contributed by atoms with van der Waals surface area (Å²) in [5, 5.41) is 2.83. The maximum atomic E-state index is 11.8. The Labute approximate surface area is 107 Å². The third kappa shape index (κ3) is 2.41. The molecule has 2 rings (SSSR count). The van der Waals surface area contributed by atoms with E-state index in [4.69, 9.17) is 5.84 Å². The lowest BCUT2D eigenvalue weighted by Crippen LogP contribution is -2.58. The predicted molar refractivity (Wildman–Crippen MR) is 66.5 cm³/mol. The van der Waals surface area contributed by atoms with E-state index in [0.29, 0.717) is 13.1 Å². The monoisotopic (exact) mass is 255 g/mol. The fraction of sp³-hybridized carbons (Fsp3) is 0.818. The molecule has 2 aliphatic heterocycles. The van der Waals surface area contributed by atoms with Gasteiger partial charge in [0.15, 0.2) is 0 Å². The van der Waals surface area contributed by atoms with Crippen molar-refractivity contribution in [3.8, 4) is 0 Å². The highest BCUT2D eigenvalue weighted by atomic mass is 16.2. The second kappa shape index (κ2) is 5.53. The number of carbonyl (C=O) groups is 2. The Hall–Kier alpha value is -1.34. The van der Waals surface area contributed by atoms with Crippen LogP contribution in [0.2, 0.25) is 0 Å². The van der Waals surface area contributed by atoms with E-state index in [9.17, 15) is 9.59 Å². The van der Waals surface area contributed by atoms with E-state index in [2.05, 4.69) is 15.6 Å². The molecule has 2 saturated heterocycles. The van der Waals surface area contributed by atoms with Crippen LogP contribution in [0.25, 0.3) is 0 Å². The van der Waals surface area contributed by atoms with E-state index in [1.165, 1.54) is 0 Å². The molecule has 0 aromatic carbocycles. The molecule has 2 unspecified atom stereocenters. The van der Waals surface area contributed by atoms with Crippen molar-refractivity contribution in [1.82, 2.24) is 20.5 Å². The Kier molecular flexibility index (Phi) is 4.03. The van der Waals surface area contributed by atoms with Crippen molar-refractivity contribution in [3.63, 3.8) is 0 Å². The third-order valence-electron chi connectivity index (χ3n) is 3.71. The summed E-state index contributed by atoms with van der Waals surface area (Å²) in [6, 6.07) is 0.00370. The van der Waals surface area contributed by atoms with Crippen LogP contribution in [0.1, 0.15) is 19.8 Å². The highest BCUT2D eigenvalue weighted by Gasteiger charge is 2.38. The summed E-state index contributed by atoms with van der Waals surface area (Å²) >= 11 is 0. The van der Waals surface area contributed by atoms with Gasteiger partial charge in [-0.15, -0.1) is 0 Å². The summed E-state index contributed by atoms with van der Waals surface area (Å²) in [6.07, 6.45) is 1.72. The molecule has 2 aliphatic rings. The van der Waals surface area contributed by atoms with Gasteiger partial charge in [-0.1, -0.05) is 13.3 Å². The van der Waals surface area contributed by atoms with Crippen molar-refractivity contribution in [1.29, 1.82) is 0 Å². The first-order valence-electron chi connectivity index (χ1n) is 6.46. The molecule has 0 radical (unpaired) electrons. The van der Waals surface area contributed by atoms with Gasteiger partial charge in [-0.25, -0.2) is 10.6 Å². The summed E-state index contributed by atoms with van der Waals surface area (Å²) in [6.45, 7) is 4.85. The molecule has 0 bridgehead atoms. The molecule has 3 amide bonds. The van der Waals surface area contributed by atoms with E-state index in [1.807, 2.05) is 11.8 Å². The summed E-state index contributed by atoms with van der Waals surface area (Å²) in [5.41, 5.74) is 2.24. The van der Waals surface area contributed by atoms with Gasteiger partial charge in [0.1, 0.15) is 0 Å². The van der Waals surface area contributed by atoms with Crippen molar-refractivity contribution in [3.05, 3.63) is 0 Å². The predicted octanol–water partition coefficient (Wildman–Crippen LogP) is -1.15. The Bertz CT molecular complexity index is 335. The van der Waals surface area contributed by atoms with Gasteiger partial charge in [0.2, 0.25) is 0 Å². The quantitative estimate of drug-likeness (QED) is 0.336. The van der Waals surface area contributed by atoms with Gasteiger partial charge in [-0.05, 0) is 6.42 Å². The lowest BCUT2D eigenvalue weighted by Gasteiger charge is -2.39. The zero-order chi connectivity index (χ0) is 13.1. The second-order valence-corrected chi connectivity index (χ2v) is 4.84. The Morgan fingerprint density at radius 3 is 3.06 bits per heavy atom. The fourth-order valence-electron chi connectivity index (χ4n) is 2.76. The van der Waals surface area contributed by atoms with Gasteiger partial charge in [-0.2, -0.15) is 0 Å². The van der Waals surface area contributed by atoms with Crippen LogP contribution in [0.5, 0.6) is 0 Å². The molecule has 0 aromatic heterocycles. The molecular formula is C11H21N5O2. The van der Waals surface area contributed by atoms with E-state index < -0.39 is 0 Å². The number of fused-ring (bicyclic) bond motifs is 1. The van der Waals surface area contributed by atoms with Gasteiger partial charge >= 0.3 is 6.03 Å². The molecule has 0 saturated carbocycles. The van der Waals surface area contributed by atoms with Crippen molar-refractivity contribution >= 4 is 11.9 Å². The van der Waals surface area contributed by atoms with Crippen molar-refractivity contribution < 1.29 is 9.59 Å². The number of piperazine rings is 1. The van der Waals surface area contributed by atoms with Gasteiger partial charge in [0.25, 0.3) is 5.91 Å². The van der Waals surface area contributed by atoms with Crippen molar-refractivity contribution in [2.45, 2.75) is 31.8 Å². The number of hydrazine groups is 1. The average molecular weight is 255 g/mol. The molecule has 2 heterocycles. The SMILES string of the molecule is CCCC(C(=O)NN)N1CCN2C(=O)NCC2C1. The topological polar surface area (TPSA) is 90.7 Å². The first kappa shape index (κ1) is 13.1. The lowest BCUT2D eigenvalue weighted by molar-refractivity contribution is -0.127. The zero-order valence-corrected chi connectivity index (χ0v) is 10.7. The molecular weight excluding hydrogens is 234 g/mol. The Balaban J connectivity index is 2.00. The smallest absolute Gasteiger partial charge is 0.317 e. The fourth-order valence-corrected chi connectivity index (χ4v) is 2.76. The van der Waals surface area contributed by atoms with Crippen LogP contribution in [0.15, 0.2) is 0 Å². The minimum atomic E-state index is -0.183. The minimum absolute atomic E-state index is 0.00923. The van der Waals surface area contributed by atoms with Crippen molar-refractivity contribution in [2.24, 2.45) is 5.84 Å². The van der Waals surface area contributed by atoms with Crippen LogP contribution in [-0.2, 0) is 4.79 Å². The minimum Gasteiger partial charge on any atom is -0.336 e. The number of nitrogens with two attached hydrogens (primary N) is 1. The van der Waals surface area contributed by atoms with Crippen LogP contribution in [0.3, 0.4) is 0 Å². The highest BCUT2D eigenvalue weighted by molar-refractivity contribution is 5.81. The average Bonchev–Trinajstić information content (AvgIpc) is 2.76. The van der Waals surface area contributed by atoms with E-state index in [0.717, 1.165) is 25.9 Å². The molecule has 102 valence electrons. The van der Waals surface area contributed by atoms with Crippen LogP contribution >= 0.6 is 0 Å². The Morgan fingerprint density at radius 2 is 2.39 bits per heavy atom. The maximum absolute atomic E-state index is 11.8. The molecule has 2 atom stereocenters. The van der Waals surface area contributed by atoms with E-state index in [-0.39, 0.29) is 24.0 Å². The van der Waals surface area contributed by atoms with Gasteiger partial charge in [0.05, 0.1) is 12.1 Å². The largest absolute Gasteiger partial charge is 0.336 e. The number of rotatable bonds is 4. The summed E-state index contributed by atoms with van der Waals surface area (Å²) in [5.74, 6) is 5.10. The molecule has 18 heavy (non-hydrogen) atoms. The standard InChI is InChI=1S/C11H21N5O2/c1-2-3-9(10(17)14-12)15-4-5-16-8(7-15)6-13-11(16)18/h8-9H,2-7,12H2,1H3,(H,13,18)(H,14,17). The zero-order valence-electron chi connectivity index (χ0n) is 10.7. The van der Waals surface area contributed by atoms with Crippen LogP contribution < -0.4 is 16.6 Å². The third-order valence-corrected chi connectivity index (χ3v) is 3.71. The molecule has 2 fully saturated rings. The molecule has 7 nitrogen and oxygen atoms in total. The van der Waals surface area contributed by atoms with Crippen LogP contribution in [0.4, 0.5) is 4.79 Å². The number of carbonyl (C=O) groups excluding carboxylic acids is 2. The number of amides is 3. The maximum Gasteiger partial charge on any atom is 0.317 e. The van der Waals surface area contributed by atoms with Crippen molar-refractivity contribution in [2.75, 3.05) is 26.2 Å². The second-order valence-electron chi connectivity index (χ2n) is 4.84. The number of urea groups is 1. The number of nitrogens with zero attached hydrogens (tertiary/aromatic N) is 2. The summed E-state index contributed by atoms with van der Waals surface area (Å²) in [4.78, 5) is 27.3. The van der Waals surface area contributed by atoms with E-state index >= 15 is 0 Å². The summed E-state index contributed by atoms with van der Waals surface area (Å²) < 4.78 is 0. The molecule has 4 N–H and O–H groups in total. The first-order valence-corrected chi connectivity index (χ1v) is 6.46. The molecule has 7 heteroatoms. The normalized spacial score (nSPS) is 25.6. The molecule has 0 spiro atoms.